The van der Waals surface area contributed by atoms with Crippen molar-refractivity contribution in [3.05, 3.63) is 42.5 Å². The van der Waals surface area contributed by atoms with E-state index >= 15 is 0 Å². The fourth-order valence-electron chi connectivity index (χ4n) is 1.30. The van der Waals surface area contributed by atoms with E-state index in [9.17, 15) is 0 Å². The van der Waals surface area contributed by atoms with E-state index in [2.05, 4.69) is 6.07 Å². The molecule has 0 atom stereocenters. The molecule has 0 saturated heterocycles. The zero-order chi connectivity index (χ0) is 8.39. The second-order valence-electron chi connectivity index (χ2n) is 2.59. The molecule has 0 aliphatic heterocycles. The van der Waals surface area contributed by atoms with E-state index < -0.39 is 0 Å². The Morgan fingerprint density at radius 1 is 1.17 bits per heavy atom. The van der Waals surface area contributed by atoms with Crippen molar-refractivity contribution in [1.29, 1.82) is 0 Å². The lowest BCUT2D eigenvalue weighted by Crippen LogP contribution is -1.83. The Bertz CT molecular complexity index is 388. The van der Waals surface area contributed by atoms with Gasteiger partial charge >= 0.3 is 0 Å². The van der Waals surface area contributed by atoms with E-state index in [-0.39, 0.29) is 0 Å². The third-order valence-electron chi connectivity index (χ3n) is 1.89. The van der Waals surface area contributed by atoms with Crippen LogP contribution in [0.2, 0.25) is 0 Å². The van der Waals surface area contributed by atoms with Gasteiger partial charge in [-0.1, -0.05) is 30.3 Å². The van der Waals surface area contributed by atoms with Crippen LogP contribution >= 0.6 is 0 Å². The van der Waals surface area contributed by atoms with Crippen LogP contribution in [0.5, 0.6) is 5.75 Å². The SMILES string of the molecule is COc1cc[c]c2ccccc12. The first-order valence-corrected chi connectivity index (χ1v) is 3.85. The minimum absolute atomic E-state index is 0.907. The summed E-state index contributed by atoms with van der Waals surface area (Å²) in [5, 5.41) is 2.21. The highest BCUT2D eigenvalue weighted by atomic mass is 16.5. The molecular weight excluding hydrogens is 148 g/mol. The van der Waals surface area contributed by atoms with Gasteiger partial charge in [-0.2, -0.15) is 0 Å². The van der Waals surface area contributed by atoms with Gasteiger partial charge in [0, 0.05) is 5.39 Å². The van der Waals surface area contributed by atoms with Gasteiger partial charge in [0.25, 0.3) is 0 Å². The highest BCUT2D eigenvalue weighted by Gasteiger charge is 1.97. The van der Waals surface area contributed by atoms with E-state index in [0.717, 1.165) is 16.5 Å². The molecule has 1 heteroatoms. The summed E-state index contributed by atoms with van der Waals surface area (Å²) in [6.45, 7) is 0. The summed E-state index contributed by atoms with van der Waals surface area (Å²) >= 11 is 0. The molecule has 2 aromatic rings. The van der Waals surface area contributed by atoms with Crippen molar-refractivity contribution in [3.63, 3.8) is 0 Å². The molecule has 0 aliphatic carbocycles. The van der Waals surface area contributed by atoms with Gasteiger partial charge in [-0.05, 0) is 17.5 Å². The first-order chi connectivity index (χ1) is 5.92. The zero-order valence-electron chi connectivity index (χ0n) is 6.87. The number of methoxy groups -OCH3 is 1. The van der Waals surface area contributed by atoms with Gasteiger partial charge in [0.15, 0.2) is 0 Å². The van der Waals surface area contributed by atoms with E-state index in [0.29, 0.717) is 0 Å². The van der Waals surface area contributed by atoms with E-state index in [1.807, 2.05) is 36.4 Å². The van der Waals surface area contributed by atoms with Gasteiger partial charge in [0.2, 0.25) is 0 Å². The molecule has 0 bridgehead atoms. The molecule has 0 saturated carbocycles. The van der Waals surface area contributed by atoms with Crippen LogP contribution in [0.3, 0.4) is 0 Å². The van der Waals surface area contributed by atoms with Gasteiger partial charge in [-0.3, -0.25) is 0 Å². The van der Waals surface area contributed by atoms with Crippen molar-refractivity contribution in [1.82, 2.24) is 0 Å². The molecule has 0 amide bonds. The van der Waals surface area contributed by atoms with Gasteiger partial charge in [0.05, 0.1) is 7.11 Å². The van der Waals surface area contributed by atoms with Crippen molar-refractivity contribution >= 4 is 10.8 Å². The average molecular weight is 157 g/mol. The maximum atomic E-state index is 5.21. The molecule has 0 N–H and O–H groups in total. The lowest BCUT2D eigenvalue weighted by atomic mass is 10.1. The summed E-state index contributed by atoms with van der Waals surface area (Å²) in [6, 6.07) is 15.0. The van der Waals surface area contributed by atoms with Crippen molar-refractivity contribution in [2.75, 3.05) is 7.11 Å². The lowest BCUT2D eigenvalue weighted by Gasteiger charge is -2.03. The molecule has 12 heavy (non-hydrogen) atoms. The fourth-order valence-corrected chi connectivity index (χ4v) is 1.30. The van der Waals surface area contributed by atoms with E-state index in [1.54, 1.807) is 7.11 Å². The van der Waals surface area contributed by atoms with E-state index in [1.165, 1.54) is 0 Å². The smallest absolute Gasteiger partial charge is 0.126 e. The Labute approximate surface area is 71.6 Å². The molecule has 59 valence electrons. The Kier molecular flexibility index (Phi) is 1.71. The van der Waals surface area contributed by atoms with Crippen molar-refractivity contribution in [2.24, 2.45) is 0 Å². The van der Waals surface area contributed by atoms with Crippen LogP contribution in [0.1, 0.15) is 0 Å². The minimum atomic E-state index is 0.907. The number of hydrogen-bond acceptors (Lipinski definition) is 1. The molecule has 0 fully saturated rings. The molecule has 0 aliphatic rings. The second kappa shape index (κ2) is 2.86. The summed E-state index contributed by atoms with van der Waals surface area (Å²) in [4.78, 5) is 0. The minimum Gasteiger partial charge on any atom is -0.496 e. The van der Waals surface area contributed by atoms with Gasteiger partial charge < -0.3 is 4.74 Å². The zero-order valence-corrected chi connectivity index (χ0v) is 6.87. The molecule has 0 spiro atoms. The van der Waals surface area contributed by atoms with Crippen molar-refractivity contribution < 1.29 is 4.74 Å². The number of ether oxygens (including phenoxy) is 1. The van der Waals surface area contributed by atoms with Gasteiger partial charge in [-0.15, -0.1) is 0 Å². The first kappa shape index (κ1) is 7.17. The monoisotopic (exact) mass is 157 g/mol. The predicted molar refractivity (Wildman–Crippen MR) is 49.3 cm³/mol. The van der Waals surface area contributed by atoms with Crippen LogP contribution < -0.4 is 4.74 Å². The van der Waals surface area contributed by atoms with Crippen LogP contribution in [0.4, 0.5) is 0 Å². The average Bonchev–Trinajstić information content (AvgIpc) is 2.17. The molecule has 2 aromatic carbocycles. The summed E-state index contributed by atoms with van der Waals surface area (Å²) < 4.78 is 5.21. The molecule has 1 radical (unpaired) electrons. The van der Waals surface area contributed by atoms with E-state index in [4.69, 9.17) is 4.74 Å². The van der Waals surface area contributed by atoms with Gasteiger partial charge in [0.1, 0.15) is 5.75 Å². The topological polar surface area (TPSA) is 9.23 Å². The highest BCUT2D eigenvalue weighted by molar-refractivity contribution is 5.87. The van der Waals surface area contributed by atoms with Gasteiger partial charge in [-0.25, -0.2) is 0 Å². The maximum absolute atomic E-state index is 5.21. The summed E-state index contributed by atoms with van der Waals surface area (Å²) in [5.41, 5.74) is 0. The van der Waals surface area contributed by atoms with Crippen molar-refractivity contribution in [3.8, 4) is 5.75 Å². The second-order valence-corrected chi connectivity index (χ2v) is 2.59. The number of rotatable bonds is 1. The van der Waals surface area contributed by atoms with Crippen LogP contribution in [0, 0.1) is 6.07 Å². The number of fused-ring (bicyclic) bond motifs is 1. The summed E-state index contributed by atoms with van der Waals surface area (Å²) in [6.07, 6.45) is 0. The van der Waals surface area contributed by atoms with Crippen LogP contribution in [-0.2, 0) is 0 Å². The Morgan fingerprint density at radius 2 is 2.00 bits per heavy atom. The first-order valence-electron chi connectivity index (χ1n) is 3.85. The standard InChI is InChI=1S/C11H9O/c1-12-11-8-4-6-9-5-2-3-7-10(9)11/h2-5,7-8H,1H3. The lowest BCUT2D eigenvalue weighted by molar-refractivity contribution is 0.420. The van der Waals surface area contributed by atoms with Crippen LogP contribution in [0.15, 0.2) is 36.4 Å². The highest BCUT2D eigenvalue weighted by Crippen LogP contribution is 2.23. The summed E-state index contributed by atoms with van der Waals surface area (Å²) in [5.74, 6) is 0.907. The largest absolute Gasteiger partial charge is 0.496 e. The Hall–Kier alpha value is -1.50. The molecule has 2 rings (SSSR count). The third kappa shape index (κ3) is 1.03. The molecular formula is C11H9O. The number of hydrogen-bond donors (Lipinski definition) is 0. The summed E-state index contributed by atoms with van der Waals surface area (Å²) in [7, 11) is 1.68. The van der Waals surface area contributed by atoms with Crippen LogP contribution in [-0.4, -0.2) is 7.11 Å². The molecule has 0 heterocycles. The fraction of sp³-hybridized carbons (Fsp3) is 0.0909. The Balaban J connectivity index is 2.79. The predicted octanol–water partition coefficient (Wildman–Crippen LogP) is 2.65. The van der Waals surface area contributed by atoms with Crippen molar-refractivity contribution in [2.45, 2.75) is 0 Å². The molecule has 0 unspecified atom stereocenters. The number of benzene rings is 2. The quantitative estimate of drug-likeness (QED) is 0.618. The normalized spacial score (nSPS) is 10.1. The molecule has 0 aromatic heterocycles. The van der Waals surface area contributed by atoms with Crippen LogP contribution in [0.25, 0.3) is 10.8 Å². The Morgan fingerprint density at radius 3 is 2.83 bits per heavy atom. The maximum Gasteiger partial charge on any atom is 0.126 e. The molecule has 1 nitrogen and oxygen atoms in total. The third-order valence-corrected chi connectivity index (χ3v) is 1.89.